The van der Waals surface area contributed by atoms with Crippen molar-refractivity contribution in [1.29, 1.82) is 0 Å². The second kappa shape index (κ2) is 8.51. The zero-order valence-corrected chi connectivity index (χ0v) is 9.77. The number of hydrogen-bond acceptors (Lipinski definition) is 4. The summed E-state index contributed by atoms with van der Waals surface area (Å²) in [6, 6.07) is -1.11. The van der Waals surface area contributed by atoms with E-state index in [1.807, 2.05) is 6.92 Å². The number of aliphatic carboxylic acids is 1. The predicted molar refractivity (Wildman–Crippen MR) is 59.1 cm³/mol. The van der Waals surface area contributed by atoms with E-state index in [4.69, 9.17) is 15.6 Å². The summed E-state index contributed by atoms with van der Waals surface area (Å²) in [6.45, 7) is 2.14. The zero-order chi connectivity index (χ0) is 13.3. The van der Waals surface area contributed by atoms with Gasteiger partial charge >= 0.3 is 5.97 Å². The number of ether oxygens (including phenoxy) is 1. The minimum atomic E-state index is -1.20. The summed E-state index contributed by atoms with van der Waals surface area (Å²) >= 11 is 0. The lowest BCUT2D eigenvalue weighted by Gasteiger charge is -2.13. The average molecular weight is 246 g/mol. The molecule has 0 fully saturated rings. The Labute approximate surface area is 99.3 Å². The molecule has 1 atom stereocenters. The molecule has 17 heavy (non-hydrogen) atoms. The van der Waals surface area contributed by atoms with Crippen molar-refractivity contribution in [2.24, 2.45) is 5.73 Å². The van der Waals surface area contributed by atoms with E-state index in [-0.39, 0.29) is 19.4 Å². The Morgan fingerprint density at radius 3 is 2.53 bits per heavy atom. The Balaban J connectivity index is 4.02. The number of hydrogen-bond donors (Lipinski definition) is 3. The second-order valence-corrected chi connectivity index (χ2v) is 3.52. The smallest absolute Gasteiger partial charge is 0.326 e. The van der Waals surface area contributed by atoms with Crippen molar-refractivity contribution in [3.63, 3.8) is 0 Å². The molecule has 0 heterocycles. The first-order valence-electron chi connectivity index (χ1n) is 5.35. The maximum Gasteiger partial charge on any atom is 0.326 e. The molecule has 0 aliphatic heterocycles. The van der Waals surface area contributed by atoms with E-state index in [0.29, 0.717) is 6.61 Å². The van der Waals surface area contributed by atoms with E-state index >= 15 is 0 Å². The highest BCUT2D eigenvalue weighted by molar-refractivity contribution is 5.84. The summed E-state index contributed by atoms with van der Waals surface area (Å²) in [5.41, 5.74) is 4.90. The summed E-state index contributed by atoms with van der Waals surface area (Å²) in [7, 11) is 0. The van der Waals surface area contributed by atoms with Crippen molar-refractivity contribution in [2.45, 2.75) is 32.2 Å². The van der Waals surface area contributed by atoms with E-state index in [1.54, 1.807) is 0 Å². The summed E-state index contributed by atoms with van der Waals surface area (Å²) in [4.78, 5) is 32.5. The third-order valence-corrected chi connectivity index (χ3v) is 1.89. The molecule has 4 N–H and O–H groups in total. The van der Waals surface area contributed by atoms with Crippen LogP contribution in [0.2, 0.25) is 0 Å². The molecular formula is C10H18N2O5. The first-order valence-corrected chi connectivity index (χ1v) is 5.35. The zero-order valence-electron chi connectivity index (χ0n) is 9.77. The molecule has 0 aromatic heterocycles. The number of carboxylic acids is 1. The van der Waals surface area contributed by atoms with Gasteiger partial charge in [-0.1, -0.05) is 6.92 Å². The van der Waals surface area contributed by atoms with Gasteiger partial charge in [0.05, 0.1) is 0 Å². The van der Waals surface area contributed by atoms with Crippen LogP contribution in [-0.2, 0) is 19.1 Å². The molecule has 0 spiro atoms. The van der Waals surface area contributed by atoms with Gasteiger partial charge in [0.15, 0.2) is 0 Å². The van der Waals surface area contributed by atoms with Crippen LogP contribution in [0.4, 0.5) is 0 Å². The lowest BCUT2D eigenvalue weighted by molar-refractivity contribution is -0.142. The quantitative estimate of drug-likeness (QED) is 0.462. The van der Waals surface area contributed by atoms with Crippen LogP contribution in [0, 0.1) is 0 Å². The number of carbonyl (C=O) groups excluding carboxylic acids is 2. The van der Waals surface area contributed by atoms with E-state index in [0.717, 1.165) is 6.42 Å². The fourth-order valence-electron chi connectivity index (χ4n) is 1.09. The topological polar surface area (TPSA) is 119 Å². The molecule has 0 aromatic rings. The standard InChI is InChI=1S/C10H18N2O5/c1-2-5-17-6-9(14)12-7(10(15)16)3-4-8(11)13/h7H,2-6H2,1H3,(H2,11,13)(H,12,14)(H,15,16). The first kappa shape index (κ1) is 15.4. The van der Waals surface area contributed by atoms with Crippen LogP contribution in [0.25, 0.3) is 0 Å². The van der Waals surface area contributed by atoms with Crippen LogP contribution < -0.4 is 11.1 Å². The number of carbonyl (C=O) groups is 3. The third kappa shape index (κ3) is 8.21. The number of carboxylic acid groups (broad SMARTS) is 1. The van der Waals surface area contributed by atoms with E-state index in [9.17, 15) is 14.4 Å². The molecule has 1 unspecified atom stereocenters. The van der Waals surface area contributed by atoms with Crippen molar-refractivity contribution in [1.82, 2.24) is 5.32 Å². The maximum absolute atomic E-state index is 11.3. The van der Waals surface area contributed by atoms with Gasteiger partial charge in [0.1, 0.15) is 12.6 Å². The van der Waals surface area contributed by atoms with E-state index in [1.165, 1.54) is 0 Å². The molecule has 7 nitrogen and oxygen atoms in total. The summed E-state index contributed by atoms with van der Waals surface area (Å²) in [6.07, 6.45) is 0.661. The number of primary amides is 1. The summed E-state index contributed by atoms with van der Waals surface area (Å²) in [5.74, 6) is -2.32. The molecule has 0 saturated heterocycles. The fraction of sp³-hybridized carbons (Fsp3) is 0.700. The van der Waals surface area contributed by atoms with E-state index < -0.39 is 23.8 Å². The molecule has 0 aliphatic carbocycles. The van der Waals surface area contributed by atoms with Crippen LogP contribution >= 0.6 is 0 Å². The minimum Gasteiger partial charge on any atom is -0.480 e. The molecular weight excluding hydrogens is 228 g/mol. The summed E-state index contributed by atoms with van der Waals surface area (Å²) in [5, 5.41) is 11.1. The monoisotopic (exact) mass is 246 g/mol. The molecule has 0 saturated carbocycles. The molecule has 0 rings (SSSR count). The Morgan fingerprint density at radius 1 is 1.41 bits per heavy atom. The largest absolute Gasteiger partial charge is 0.480 e. The highest BCUT2D eigenvalue weighted by atomic mass is 16.5. The van der Waals surface area contributed by atoms with Gasteiger partial charge in [-0.15, -0.1) is 0 Å². The Kier molecular flexibility index (Phi) is 7.70. The average Bonchev–Trinajstić information content (AvgIpc) is 2.23. The lowest BCUT2D eigenvalue weighted by Crippen LogP contribution is -2.43. The molecule has 0 bridgehead atoms. The van der Waals surface area contributed by atoms with Crippen molar-refractivity contribution in [3.8, 4) is 0 Å². The number of nitrogens with two attached hydrogens (primary N) is 1. The molecule has 0 aromatic carbocycles. The van der Waals surface area contributed by atoms with Crippen LogP contribution in [0.15, 0.2) is 0 Å². The van der Waals surface area contributed by atoms with Gasteiger partial charge in [-0.2, -0.15) is 0 Å². The Hall–Kier alpha value is -1.63. The molecule has 0 aliphatic rings. The molecule has 2 amide bonds. The highest BCUT2D eigenvalue weighted by Crippen LogP contribution is 1.97. The van der Waals surface area contributed by atoms with Gasteiger partial charge in [0.2, 0.25) is 11.8 Å². The van der Waals surface area contributed by atoms with Crippen LogP contribution in [-0.4, -0.2) is 42.1 Å². The highest BCUT2D eigenvalue weighted by Gasteiger charge is 2.20. The van der Waals surface area contributed by atoms with Gasteiger partial charge in [0, 0.05) is 13.0 Å². The number of amides is 2. The van der Waals surface area contributed by atoms with Crippen molar-refractivity contribution in [3.05, 3.63) is 0 Å². The SMILES string of the molecule is CCCOCC(=O)NC(CCC(N)=O)C(=O)O. The minimum absolute atomic E-state index is 0.0236. The maximum atomic E-state index is 11.3. The third-order valence-electron chi connectivity index (χ3n) is 1.89. The molecule has 98 valence electrons. The van der Waals surface area contributed by atoms with Crippen LogP contribution in [0.5, 0.6) is 0 Å². The van der Waals surface area contributed by atoms with Gasteiger partial charge in [0.25, 0.3) is 0 Å². The lowest BCUT2D eigenvalue weighted by atomic mass is 10.1. The Bertz CT molecular complexity index is 280. The van der Waals surface area contributed by atoms with Crippen molar-refractivity contribution < 1.29 is 24.2 Å². The van der Waals surface area contributed by atoms with Gasteiger partial charge in [-0.25, -0.2) is 4.79 Å². The number of nitrogens with one attached hydrogen (secondary N) is 1. The van der Waals surface area contributed by atoms with Gasteiger partial charge < -0.3 is 20.9 Å². The van der Waals surface area contributed by atoms with Crippen LogP contribution in [0.3, 0.4) is 0 Å². The molecule has 7 heteroatoms. The molecule has 0 radical (unpaired) electrons. The summed E-state index contributed by atoms with van der Waals surface area (Å²) < 4.78 is 4.95. The normalized spacial score (nSPS) is 11.8. The van der Waals surface area contributed by atoms with Gasteiger partial charge in [-0.3, -0.25) is 9.59 Å². The van der Waals surface area contributed by atoms with Crippen LogP contribution in [0.1, 0.15) is 26.2 Å². The predicted octanol–water partition coefficient (Wildman–Crippen LogP) is -0.752. The van der Waals surface area contributed by atoms with Crippen molar-refractivity contribution in [2.75, 3.05) is 13.2 Å². The first-order chi connectivity index (χ1) is 7.97. The second-order valence-electron chi connectivity index (χ2n) is 3.52. The van der Waals surface area contributed by atoms with E-state index in [2.05, 4.69) is 5.32 Å². The fourth-order valence-corrected chi connectivity index (χ4v) is 1.09. The van der Waals surface area contributed by atoms with Gasteiger partial charge in [-0.05, 0) is 12.8 Å². The van der Waals surface area contributed by atoms with Crippen molar-refractivity contribution >= 4 is 17.8 Å². The number of rotatable bonds is 9. The Morgan fingerprint density at radius 2 is 2.06 bits per heavy atom.